The predicted molar refractivity (Wildman–Crippen MR) is 262 cm³/mol. The van der Waals surface area contributed by atoms with Gasteiger partial charge in [-0.15, -0.1) is 0 Å². The van der Waals surface area contributed by atoms with Crippen LogP contribution in [0.25, 0.3) is 81.8 Å². The molecule has 2 aliphatic heterocycles. The molecular formula is C58H55N3. The van der Waals surface area contributed by atoms with Crippen molar-refractivity contribution in [3.63, 3.8) is 0 Å². The van der Waals surface area contributed by atoms with Crippen molar-refractivity contribution in [3.05, 3.63) is 137 Å². The maximum Gasteiger partial charge on any atom is 0.0702 e. The fourth-order valence-corrected chi connectivity index (χ4v) is 11.8. The van der Waals surface area contributed by atoms with E-state index in [-0.39, 0.29) is 33.6 Å². The maximum atomic E-state index is 2.75. The van der Waals surface area contributed by atoms with Gasteiger partial charge in [-0.25, -0.2) is 0 Å². The van der Waals surface area contributed by atoms with E-state index in [0.29, 0.717) is 0 Å². The molecule has 10 aromatic rings. The lowest BCUT2D eigenvalue weighted by atomic mass is 9.75. The smallest absolute Gasteiger partial charge is 0.0702 e. The molecule has 61 heavy (non-hydrogen) atoms. The summed E-state index contributed by atoms with van der Waals surface area (Å²) in [5, 5.41) is 10.9. The Labute approximate surface area is 358 Å². The average molecular weight is 794 g/mol. The van der Waals surface area contributed by atoms with E-state index in [1.54, 1.807) is 0 Å². The third-order valence-electron chi connectivity index (χ3n) is 15.2. The second-order valence-electron chi connectivity index (χ2n) is 23.1. The summed E-state index contributed by atoms with van der Waals surface area (Å²) in [7, 11) is 0. The summed E-state index contributed by atoms with van der Waals surface area (Å²) in [5.74, 6) is 0.248. The van der Waals surface area contributed by atoms with E-state index in [0.717, 1.165) is 0 Å². The molecule has 6 aromatic carbocycles. The van der Waals surface area contributed by atoms with Crippen molar-refractivity contribution in [1.29, 1.82) is 0 Å². The monoisotopic (exact) mass is 793 g/mol. The fourth-order valence-electron chi connectivity index (χ4n) is 11.8. The van der Waals surface area contributed by atoms with Gasteiger partial charge in [0, 0.05) is 60.3 Å². The first-order valence-corrected chi connectivity index (χ1v) is 22.6. The number of rotatable bonds is 0. The highest BCUT2D eigenvalue weighted by Gasteiger charge is 2.49. The van der Waals surface area contributed by atoms with Gasteiger partial charge < -0.3 is 13.7 Å². The van der Waals surface area contributed by atoms with E-state index in [4.69, 9.17) is 0 Å². The van der Waals surface area contributed by atoms with Crippen molar-refractivity contribution >= 4 is 93.1 Å². The van der Waals surface area contributed by atoms with Crippen molar-refractivity contribution in [2.75, 3.05) is 4.90 Å². The van der Waals surface area contributed by atoms with Gasteiger partial charge in [-0.1, -0.05) is 120 Å². The molecule has 2 unspecified atom stereocenters. The van der Waals surface area contributed by atoms with E-state index in [1.165, 1.54) is 127 Å². The molecule has 0 saturated carbocycles. The summed E-state index contributed by atoms with van der Waals surface area (Å²) in [5.41, 5.74) is 20.7. The van der Waals surface area contributed by atoms with Gasteiger partial charge in [0.2, 0.25) is 0 Å². The summed E-state index contributed by atoms with van der Waals surface area (Å²) in [6.07, 6.45) is 5.20. The lowest BCUT2D eigenvalue weighted by molar-refractivity contribution is 0.509. The average Bonchev–Trinajstić information content (AvgIpc) is 4.01. The number of hydrogen-bond acceptors (Lipinski definition) is 1. The Morgan fingerprint density at radius 1 is 0.426 bits per heavy atom. The van der Waals surface area contributed by atoms with E-state index < -0.39 is 0 Å². The number of aromatic nitrogens is 2. The van der Waals surface area contributed by atoms with Crippen LogP contribution in [-0.4, -0.2) is 14.8 Å². The number of para-hydroxylation sites is 1. The van der Waals surface area contributed by atoms with Crippen LogP contribution in [0.1, 0.15) is 117 Å². The van der Waals surface area contributed by atoms with Gasteiger partial charge in [0.25, 0.3) is 0 Å². The van der Waals surface area contributed by atoms with Gasteiger partial charge in [0.1, 0.15) is 0 Å². The largest absolute Gasteiger partial charge is 0.332 e. The number of benzene rings is 6. The van der Waals surface area contributed by atoms with Crippen LogP contribution in [0.15, 0.2) is 109 Å². The number of hydrogen-bond donors (Lipinski definition) is 0. The molecule has 4 aromatic heterocycles. The van der Waals surface area contributed by atoms with E-state index in [2.05, 4.69) is 200 Å². The van der Waals surface area contributed by atoms with Gasteiger partial charge in [-0.05, 0) is 122 Å². The summed E-state index contributed by atoms with van der Waals surface area (Å²) < 4.78 is 5.18. The third kappa shape index (κ3) is 4.45. The predicted octanol–water partition coefficient (Wildman–Crippen LogP) is 15.9. The van der Waals surface area contributed by atoms with E-state index >= 15 is 0 Å². The van der Waals surface area contributed by atoms with Gasteiger partial charge >= 0.3 is 0 Å². The van der Waals surface area contributed by atoms with Crippen LogP contribution in [0.2, 0.25) is 0 Å². The van der Waals surface area contributed by atoms with Crippen LogP contribution in [0.4, 0.5) is 11.4 Å². The van der Waals surface area contributed by atoms with Crippen molar-refractivity contribution < 1.29 is 0 Å². The first-order chi connectivity index (χ1) is 28.8. The lowest BCUT2D eigenvalue weighted by Gasteiger charge is -2.31. The SMILES string of the molecule is CC(C)(C)C1=CC2c3cc4c(cc3N3c5cc6c7cc(C(C)(C)C)cc8c9cc(C(C)(C)C)ccc9n(c6cc5C(=C1)C23)c87)c1cc(C(C)(C)C)cc2c3ccccc3n4c21. The highest BCUT2D eigenvalue weighted by Crippen LogP contribution is 2.62. The normalized spacial score (nSPS) is 18.3. The van der Waals surface area contributed by atoms with Gasteiger partial charge in [0.15, 0.2) is 0 Å². The molecular weight excluding hydrogens is 739 g/mol. The second kappa shape index (κ2) is 10.8. The first-order valence-electron chi connectivity index (χ1n) is 22.6. The second-order valence-corrected chi connectivity index (χ2v) is 23.1. The number of allylic oxidation sites excluding steroid dienone is 2. The van der Waals surface area contributed by atoms with Crippen LogP contribution >= 0.6 is 0 Å². The van der Waals surface area contributed by atoms with Gasteiger partial charge in [-0.2, -0.15) is 0 Å². The minimum atomic E-state index is 0.0104. The zero-order valence-corrected chi connectivity index (χ0v) is 37.8. The van der Waals surface area contributed by atoms with Crippen molar-refractivity contribution in [1.82, 2.24) is 8.80 Å². The van der Waals surface area contributed by atoms with Crippen molar-refractivity contribution in [3.8, 4) is 0 Å². The summed E-state index contributed by atoms with van der Waals surface area (Å²) >= 11 is 0. The van der Waals surface area contributed by atoms with Crippen LogP contribution in [0.5, 0.6) is 0 Å². The number of fused-ring (bicyclic) bond motifs is 18. The molecule has 3 aliphatic rings. The Bertz CT molecular complexity index is 3680. The molecule has 0 N–H and O–H groups in total. The molecule has 3 heteroatoms. The van der Waals surface area contributed by atoms with E-state index in [9.17, 15) is 0 Å². The van der Waals surface area contributed by atoms with Gasteiger partial charge in [0.05, 0.1) is 44.8 Å². The van der Waals surface area contributed by atoms with Crippen LogP contribution in [0, 0.1) is 5.41 Å². The van der Waals surface area contributed by atoms with Crippen molar-refractivity contribution in [2.45, 2.75) is 111 Å². The summed E-state index contributed by atoms with van der Waals surface area (Å²) in [6, 6.07) is 36.8. The highest BCUT2D eigenvalue weighted by molar-refractivity contribution is 6.26. The Kier molecular flexibility index (Phi) is 6.36. The molecule has 0 radical (unpaired) electrons. The molecule has 6 heterocycles. The minimum Gasteiger partial charge on any atom is -0.332 e. The molecule has 0 spiro atoms. The molecule has 0 amide bonds. The van der Waals surface area contributed by atoms with E-state index in [1.807, 2.05) is 0 Å². The summed E-state index contributed by atoms with van der Waals surface area (Å²) in [6.45, 7) is 28.3. The fraction of sp³-hybridized carbons (Fsp3) is 0.310. The molecule has 1 aliphatic carbocycles. The topological polar surface area (TPSA) is 12.1 Å². The first kappa shape index (κ1) is 35.9. The van der Waals surface area contributed by atoms with Crippen LogP contribution in [0.3, 0.4) is 0 Å². The molecule has 0 bridgehead atoms. The third-order valence-corrected chi connectivity index (χ3v) is 15.2. The molecule has 13 rings (SSSR count). The minimum absolute atomic E-state index is 0.0104. The molecule has 2 atom stereocenters. The highest BCUT2D eigenvalue weighted by atomic mass is 15.2. The standard InChI is InChI=1S/C58H55N3/c1-55(2,3)30-17-18-47-35(19-30)41-21-32(57(7,8)9)23-43-37-29-51-39(27-49(37)60(47)53(41)43)45-25-33(58(10,11)12)24-44-38-26-48-36(28-50(38)61(51)54(44)45)42-22-31(56(4,5)6)20-40-34-15-13-14-16-46(34)59(48)52(40)42/h13-29,44,54H,1-12H3. The number of anilines is 2. The lowest BCUT2D eigenvalue weighted by Crippen LogP contribution is -2.28. The van der Waals surface area contributed by atoms with Crippen LogP contribution < -0.4 is 4.90 Å². The Balaban J connectivity index is 1.14. The number of nitrogens with zero attached hydrogens (tertiary/aromatic N) is 3. The molecule has 0 fully saturated rings. The summed E-state index contributed by atoms with van der Waals surface area (Å²) in [4.78, 5) is 2.75. The Hall–Kier alpha value is -5.80. The molecule has 302 valence electrons. The Morgan fingerprint density at radius 2 is 0.934 bits per heavy atom. The zero-order valence-electron chi connectivity index (χ0n) is 37.8. The molecule has 3 nitrogen and oxygen atoms in total. The Morgan fingerprint density at radius 3 is 1.52 bits per heavy atom. The van der Waals surface area contributed by atoms with Gasteiger partial charge in [-0.3, -0.25) is 0 Å². The van der Waals surface area contributed by atoms with Crippen LogP contribution in [-0.2, 0) is 16.2 Å². The van der Waals surface area contributed by atoms with Crippen molar-refractivity contribution in [2.24, 2.45) is 5.41 Å². The zero-order chi connectivity index (χ0) is 42.2. The quantitative estimate of drug-likeness (QED) is 0.149. The molecule has 0 saturated heterocycles. The maximum absolute atomic E-state index is 2.75.